The molecule has 0 saturated heterocycles. The van der Waals surface area contributed by atoms with Gasteiger partial charge in [0.1, 0.15) is 11.3 Å². The molecule has 27 heavy (non-hydrogen) atoms. The number of methoxy groups -OCH3 is 1. The van der Waals surface area contributed by atoms with E-state index < -0.39 is 0 Å². The first-order valence-corrected chi connectivity index (χ1v) is 9.54. The molecule has 0 aliphatic heterocycles. The molecule has 8 heteroatoms. The van der Waals surface area contributed by atoms with Gasteiger partial charge in [0.25, 0.3) is 5.91 Å². The van der Waals surface area contributed by atoms with Crippen LogP contribution in [-0.2, 0) is 7.05 Å². The predicted molar refractivity (Wildman–Crippen MR) is 109 cm³/mol. The molecule has 0 bridgehead atoms. The van der Waals surface area contributed by atoms with E-state index in [-0.39, 0.29) is 5.91 Å². The lowest BCUT2D eigenvalue weighted by Crippen LogP contribution is -2.37. The fourth-order valence-electron chi connectivity index (χ4n) is 2.91. The number of amides is 1. The Bertz CT molecular complexity index is 976. The van der Waals surface area contributed by atoms with Gasteiger partial charge in [0.15, 0.2) is 10.8 Å². The Morgan fingerprint density at radius 2 is 1.96 bits per heavy atom. The largest absolute Gasteiger partial charge is 0.494 e. The van der Waals surface area contributed by atoms with Gasteiger partial charge >= 0.3 is 0 Å². The third-order valence-electron chi connectivity index (χ3n) is 4.37. The summed E-state index contributed by atoms with van der Waals surface area (Å²) in [6.45, 7) is 5.20. The Morgan fingerprint density at radius 3 is 2.56 bits per heavy atom. The average Bonchev–Trinajstić information content (AvgIpc) is 3.19. The van der Waals surface area contributed by atoms with Crippen LogP contribution in [0.5, 0.6) is 5.75 Å². The second kappa shape index (κ2) is 7.66. The van der Waals surface area contributed by atoms with Gasteiger partial charge in [0.2, 0.25) is 0 Å². The summed E-state index contributed by atoms with van der Waals surface area (Å²) in [6, 6.07) is 3.92. The molecule has 0 atom stereocenters. The molecule has 0 spiro atoms. The number of aryl methyl sites for hydroxylation is 3. The highest BCUT2D eigenvalue weighted by atomic mass is 32.1. The minimum absolute atomic E-state index is 0.134. The first kappa shape index (κ1) is 19.3. The molecular formula is C19H25N5O2S. The van der Waals surface area contributed by atoms with Crippen molar-refractivity contribution in [1.82, 2.24) is 19.7 Å². The first-order valence-electron chi connectivity index (χ1n) is 8.72. The highest BCUT2D eigenvalue weighted by molar-refractivity contribution is 7.22. The maximum absolute atomic E-state index is 13.3. The second-order valence-electron chi connectivity index (χ2n) is 6.85. The molecule has 2 heterocycles. The number of benzene rings is 1. The minimum atomic E-state index is -0.134. The van der Waals surface area contributed by atoms with Crippen molar-refractivity contribution >= 4 is 32.6 Å². The summed E-state index contributed by atoms with van der Waals surface area (Å²) in [5, 5.41) is 5.01. The first-order chi connectivity index (χ1) is 12.8. The quantitative estimate of drug-likeness (QED) is 0.651. The molecule has 0 fully saturated rings. The van der Waals surface area contributed by atoms with Gasteiger partial charge in [-0.15, -0.1) is 0 Å². The number of anilines is 1. The van der Waals surface area contributed by atoms with Gasteiger partial charge in [0, 0.05) is 31.9 Å². The zero-order valence-corrected chi connectivity index (χ0v) is 17.4. The summed E-state index contributed by atoms with van der Waals surface area (Å²) in [5.41, 5.74) is 3.22. The van der Waals surface area contributed by atoms with E-state index in [0.717, 1.165) is 27.9 Å². The van der Waals surface area contributed by atoms with Gasteiger partial charge < -0.3 is 9.64 Å². The lowest BCUT2D eigenvalue weighted by molar-refractivity contribution is 0.0979. The van der Waals surface area contributed by atoms with Gasteiger partial charge in [0.05, 0.1) is 11.8 Å². The molecule has 1 amide bonds. The summed E-state index contributed by atoms with van der Waals surface area (Å²) >= 11 is 1.51. The van der Waals surface area contributed by atoms with E-state index in [9.17, 15) is 4.79 Å². The molecule has 3 rings (SSSR count). The maximum Gasteiger partial charge on any atom is 0.280 e. The summed E-state index contributed by atoms with van der Waals surface area (Å²) in [4.78, 5) is 21.8. The van der Waals surface area contributed by atoms with Crippen LogP contribution >= 0.6 is 11.3 Å². The van der Waals surface area contributed by atoms with E-state index in [1.54, 1.807) is 16.7 Å². The molecule has 0 aliphatic rings. The Labute approximate surface area is 163 Å². The molecule has 0 aliphatic carbocycles. The van der Waals surface area contributed by atoms with Crippen LogP contribution in [0.25, 0.3) is 10.2 Å². The highest BCUT2D eigenvalue weighted by Crippen LogP contribution is 2.36. The molecule has 0 N–H and O–H groups in total. The smallest absolute Gasteiger partial charge is 0.280 e. The molecule has 3 aromatic rings. The molecule has 0 radical (unpaired) electrons. The summed E-state index contributed by atoms with van der Waals surface area (Å²) in [6.07, 6.45) is 1.85. The summed E-state index contributed by atoms with van der Waals surface area (Å²) < 4.78 is 8.16. The average molecular weight is 388 g/mol. The molecule has 144 valence electrons. The Kier molecular flexibility index (Phi) is 5.48. The number of hydrogen-bond acceptors (Lipinski definition) is 6. The van der Waals surface area contributed by atoms with Crippen LogP contribution in [0, 0.1) is 13.8 Å². The van der Waals surface area contributed by atoms with E-state index in [1.165, 1.54) is 11.3 Å². The van der Waals surface area contributed by atoms with Crippen molar-refractivity contribution in [3.05, 3.63) is 35.2 Å². The summed E-state index contributed by atoms with van der Waals surface area (Å²) in [5.74, 6) is 0.581. The van der Waals surface area contributed by atoms with Crippen molar-refractivity contribution in [2.24, 2.45) is 7.05 Å². The van der Waals surface area contributed by atoms with Crippen molar-refractivity contribution in [1.29, 1.82) is 0 Å². The van der Waals surface area contributed by atoms with Crippen LogP contribution in [0.1, 0.15) is 21.6 Å². The van der Waals surface area contributed by atoms with Crippen LogP contribution in [0.15, 0.2) is 18.3 Å². The third kappa shape index (κ3) is 3.81. The van der Waals surface area contributed by atoms with Crippen LogP contribution < -0.4 is 9.64 Å². The standard InChI is InChI=1S/C19H25N5O2S/c1-12-7-8-14(26-6)16-17(12)27-19(20-16)24(10-9-22(3)4)18(25)15-13(2)11-23(5)21-15/h7-8,11H,9-10H2,1-6H3. The lowest BCUT2D eigenvalue weighted by Gasteiger charge is -2.21. The van der Waals surface area contributed by atoms with Crippen molar-refractivity contribution in [2.45, 2.75) is 13.8 Å². The van der Waals surface area contributed by atoms with Gasteiger partial charge in [-0.2, -0.15) is 5.10 Å². The Morgan fingerprint density at radius 1 is 1.22 bits per heavy atom. The molecule has 0 unspecified atom stereocenters. The van der Waals surface area contributed by atoms with E-state index in [2.05, 4.69) is 5.10 Å². The number of ether oxygens (including phenoxy) is 1. The zero-order valence-electron chi connectivity index (χ0n) is 16.6. The number of rotatable bonds is 6. The van der Waals surface area contributed by atoms with Gasteiger partial charge in [-0.25, -0.2) is 4.98 Å². The number of nitrogens with zero attached hydrogens (tertiary/aromatic N) is 5. The fourth-order valence-corrected chi connectivity index (χ4v) is 3.98. The number of hydrogen-bond donors (Lipinski definition) is 0. The van der Waals surface area contributed by atoms with Gasteiger partial charge in [-0.3, -0.25) is 14.4 Å². The SMILES string of the molecule is COc1ccc(C)c2sc(N(CCN(C)C)C(=O)c3nn(C)cc3C)nc12. The fraction of sp³-hybridized carbons (Fsp3) is 0.421. The lowest BCUT2D eigenvalue weighted by atomic mass is 10.2. The number of carbonyl (C=O) groups excluding carboxylic acids is 1. The van der Waals surface area contributed by atoms with E-state index in [1.807, 2.05) is 58.2 Å². The maximum atomic E-state index is 13.3. The Balaban J connectivity index is 2.08. The topological polar surface area (TPSA) is 63.5 Å². The van der Waals surface area contributed by atoms with Gasteiger partial charge in [-0.1, -0.05) is 17.4 Å². The van der Waals surface area contributed by atoms with E-state index in [4.69, 9.17) is 9.72 Å². The number of likely N-dealkylation sites (N-methyl/N-ethyl adjacent to an activating group) is 1. The third-order valence-corrected chi connectivity index (χ3v) is 5.59. The number of fused-ring (bicyclic) bond motifs is 1. The van der Waals surface area contributed by atoms with E-state index in [0.29, 0.717) is 23.1 Å². The van der Waals surface area contributed by atoms with Crippen molar-refractivity contribution < 1.29 is 9.53 Å². The predicted octanol–water partition coefficient (Wildman–Crippen LogP) is 2.86. The number of carbonyl (C=O) groups is 1. The highest BCUT2D eigenvalue weighted by Gasteiger charge is 2.26. The van der Waals surface area contributed by atoms with Crippen molar-refractivity contribution in [3.8, 4) is 5.75 Å². The van der Waals surface area contributed by atoms with Crippen LogP contribution in [0.4, 0.5) is 5.13 Å². The number of thiazole rings is 1. The molecule has 1 aromatic carbocycles. The monoisotopic (exact) mass is 387 g/mol. The van der Waals surface area contributed by atoms with Gasteiger partial charge in [-0.05, 0) is 39.6 Å². The van der Waals surface area contributed by atoms with Crippen LogP contribution in [0.2, 0.25) is 0 Å². The van der Waals surface area contributed by atoms with E-state index >= 15 is 0 Å². The molecule has 2 aromatic heterocycles. The molecular weight excluding hydrogens is 362 g/mol. The van der Waals surface area contributed by atoms with Crippen LogP contribution in [0.3, 0.4) is 0 Å². The molecule has 0 saturated carbocycles. The normalized spacial score (nSPS) is 11.4. The number of aromatic nitrogens is 3. The molecule has 7 nitrogen and oxygen atoms in total. The van der Waals surface area contributed by atoms with Crippen molar-refractivity contribution in [3.63, 3.8) is 0 Å². The second-order valence-corrected chi connectivity index (χ2v) is 7.83. The summed E-state index contributed by atoms with van der Waals surface area (Å²) in [7, 11) is 7.43. The van der Waals surface area contributed by atoms with Crippen LogP contribution in [-0.4, -0.2) is 59.9 Å². The zero-order chi connectivity index (χ0) is 19.7. The minimum Gasteiger partial charge on any atom is -0.494 e. The Hall–Kier alpha value is -2.45. The van der Waals surface area contributed by atoms with Crippen molar-refractivity contribution in [2.75, 3.05) is 39.2 Å².